The largest absolute Gasteiger partial charge is 0.394 e. The van der Waals surface area contributed by atoms with Crippen LogP contribution in [0.15, 0.2) is 37.1 Å². The average molecular weight is 403 g/mol. The second-order valence-electron chi connectivity index (χ2n) is 6.98. The van der Waals surface area contributed by atoms with Gasteiger partial charge in [-0.25, -0.2) is 15.0 Å². The Bertz CT molecular complexity index is 1220. The summed E-state index contributed by atoms with van der Waals surface area (Å²) in [6.07, 6.45) is 7.69. The van der Waals surface area contributed by atoms with E-state index in [-0.39, 0.29) is 12.6 Å². The van der Waals surface area contributed by atoms with Crippen molar-refractivity contribution in [2.24, 2.45) is 0 Å². The molecule has 0 aliphatic rings. The van der Waals surface area contributed by atoms with Gasteiger partial charge in [-0.1, -0.05) is 12.1 Å². The third-order valence-corrected chi connectivity index (χ3v) is 4.60. The van der Waals surface area contributed by atoms with E-state index in [1.165, 1.54) is 6.20 Å². The van der Waals surface area contributed by atoms with E-state index in [4.69, 9.17) is 5.26 Å². The predicted molar refractivity (Wildman–Crippen MR) is 111 cm³/mol. The highest BCUT2D eigenvalue weighted by molar-refractivity contribution is 5.78. The Balaban J connectivity index is 1.78. The molecule has 4 rings (SSSR count). The first-order chi connectivity index (χ1) is 14.6. The lowest BCUT2D eigenvalue weighted by atomic mass is 10.1. The quantitative estimate of drug-likeness (QED) is 0.480. The normalized spacial score (nSPS) is 12.1. The van der Waals surface area contributed by atoms with Crippen LogP contribution in [0.3, 0.4) is 0 Å². The van der Waals surface area contributed by atoms with Crippen LogP contribution in [0, 0.1) is 11.3 Å². The Kier molecular flexibility index (Phi) is 5.36. The number of imidazole rings is 1. The summed E-state index contributed by atoms with van der Waals surface area (Å²) < 4.78 is 3.55. The number of nitrogens with one attached hydrogen (secondary N) is 1. The molecule has 0 radical (unpaired) electrons. The lowest BCUT2D eigenvalue weighted by Gasteiger charge is -2.16. The van der Waals surface area contributed by atoms with Gasteiger partial charge in [-0.3, -0.25) is 9.25 Å². The van der Waals surface area contributed by atoms with Crippen molar-refractivity contribution in [2.75, 3.05) is 11.9 Å². The van der Waals surface area contributed by atoms with E-state index in [2.05, 4.69) is 43.6 Å². The molecule has 1 atom stereocenters. The molecular weight excluding hydrogens is 382 g/mol. The van der Waals surface area contributed by atoms with E-state index in [1.807, 2.05) is 19.2 Å². The predicted octanol–water partition coefficient (Wildman–Crippen LogP) is 2.15. The minimum Gasteiger partial charge on any atom is -0.394 e. The SMILES string of the molecule is CCCn1cc(-c2cnc(-n3cnc4cc(C#N)cnc43)cc2N[C@@H](C)CO)nn1. The van der Waals surface area contributed by atoms with E-state index in [0.717, 1.165) is 24.2 Å². The summed E-state index contributed by atoms with van der Waals surface area (Å²) in [5, 5.41) is 30.3. The van der Waals surface area contributed by atoms with Gasteiger partial charge in [0, 0.05) is 42.3 Å². The van der Waals surface area contributed by atoms with Crippen LogP contribution >= 0.6 is 0 Å². The number of anilines is 1. The van der Waals surface area contributed by atoms with Crippen LogP contribution in [0.5, 0.6) is 0 Å². The van der Waals surface area contributed by atoms with E-state index < -0.39 is 0 Å². The maximum Gasteiger partial charge on any atom is 0.165 e. The fourth-order valence-electron chi connectivity index (χ4n) is 3.10. The second kappa shape index (κ2) is 8.26. The number of rotatable bonds is 7. The van der Waals surface area contributed by atoms with Crippen LogP contribution < -0.4 is 5.32 Å². The smallest absolute Gasteiger partial charge is 0.165 e. The van der Waals surface area contributed by atoms with Crippen molar-refractivity contribution in [3.63, 3.8) is 0 Å². The van der Waals surface area contributed by atoms with Gasteiger partial charge in [0.05, 0.1) is 18.4 Å². The van der Waals surface area contributed by atoms with Gasteiger partial charge in [0.2, 0.25) is 0 Å². The van der Waals surface area contributed by atoms with Crippen LogP contribution in [0.4, 0.5) is 5.69 Å². The number of hydrogen-bond acceptors (Lipinski definition) is 8. The molecule has 0 amide bonds. The van der Waals surface area contributed by atoms with E-state index in [0.29, 0.717) is 28.2 Å². The molecule has 10 heteroatoms. The van der Waals surface area contributed by atoms with Crippen LogP contribution in [0.1, 0.15) is 25.8 Å². The molecule has 152 valence electrons. The summed E-state index contributed by atoms with van der Waals surface area (Å²) in [5.74, 6) is 0.604. The third-order valence-electron chi connectivity index (χ3n) is 4.60. The molecule has 0 saturated carbocycles. The molecule has 0 aliphatic carbocycles. The molecule has 4 aromatic heterocycles. The summed E-state index contributed by atoms with van der Waals surface area (Å²) in [6, 6.07) is 5.45. The van der Waals surface area contributed by atoms with Crippen molar-refractivity contribution >= 4 is 16.9 Å². The molecule has 0 spiro atoms. The van der Waals surface area contributed by atoms with Gasteiger partial charge in [0.1, 0.15) is 29.4 Å². The van der Waals surface area contributed by atoms with Crippen molar-refractivity contribution in [1.29, 1.82) is 5.26 Å². The fourth-order valence-corrected chi connectivity index (χ4v) is 3.10. The molecule has 30 heavy (non-hydrogen) atoms. The minimum atomic E-state index is -0.166. The molecule has 4 aromatic rings. The molecule has 4 heterocycles. The van der Waals surface area contributed by atoms with E-state index in [9.17, 15) is 5.11 Å². The van der Waals surface area contributed by atoms with Crippen molar-refractivity contribution in [3.8, 4) is 23.1 Å². The monoisotopic (exact) mass is 403 g/mol. The Hall–Kier alpha value is -3.84. The zero-order valence-corrected chi connectivity index (χ0v) is 16.7. The molecule has 0 bridgehead atoms. The van der Waals surface area contributed by atoms with Crippen LogP contribution in [0.25, 0.3) is 28.2 Å². The lowest BCUT2D eigenvalue weighted by molar-refractivity contribution is 0.281. The second-order valence-corrected chi connectivity index (χ2v) is 6.98. The zero-order chi connectivity index (χ0) is 21.1. The van der Waals surface area contributed by atoms with Gasteiger partial charge >= 0.3 is 0 Å². The fraction of sp³-hybridized carbons (Fsp3) is 0.300. The standard InChI is InChI=1S/C20H21N9O/c1-3-4-28-10-18(26-27-28)15-9-22-19(6-16(15)25-13(2)11-30)29-12-24-17-5-14(7-21)8-23-20(17)29/h5-6,8-10,12-13,30H,3-4,11H2,1-2H3,(H,22,25)/t13-/m0/s1. The number of nitriles is 1. The van der Waals surface area contributed by atoms with Gasteiger partial charge in [-0.2, -0.15) is 5.26 Å². The Labute approximate surface area is 172 Å². The summed E-state index contributed by atoms with van der Waals surface area (Å²) in [4.78, 5) is 13.3. The summed E-state index contributed by atoms with van der Waals surface area (Å²) in [5.41, 5.74) is 3.91. The van der Waals surface area contributed by atoms with Crippen LogP contribution in [-0.4, -0.2) is 52.3 Å². The van der Waals surface area contributed by atoms with Crippen LogP contribution in [0.2, 0.25) is 0 Å². The van der Waals surface area contributed by atoms with Crippen molar-refractivity contribution in [2.45, 2.75) is 32.9 Å². The minimum absolute atomic E-state index is 0.0217. The van der Waals surface area contributed by atoms with E-state index >= 15 is 0 Å². The Morgan fingerprint density at radius 2 is 2.10 bits per heavy atom. The van der Waals surface area contributed by atoms with Gasteiger partial charge in [0.15, 0.2) is 5.65 Å². The zero-order valence-electron chi connectivity index (χ0n) is 16.7. The molecule has 10 nitrogen and oxygen atoms in total. The molecular formula is C20H21N9O. The number of nitrogens with zero attached hydrogens (tertiary/aromatic N) is 8. The van der Waals surface area contributed by atoms with Gasteiger partial charge < -0.3 is 10.4 Å². The number of aliphatic hydroxyl groups excluding tert-OH is 1. The number of pyridine rings is 2. The Morgan fingerprint density at radius 3 is 2.87 bits per heavy atom. The van der Waals surface area contributed by atoms with Crippen LogP contribution in [-0.2, 0) is 6.54 Å². The van der Waals surface area contributed by atoms with Crippen molar-refractivity contribution in [1.82, 2.24) is 34.5 Å². The highest BCUT2D eigenvalue weighted by Crippen LogP contribution is 2.29. The summed E-state index contributed by atoms with van der Waals surface area (Å²) in [7, 11) is 0. The maximum absolute atomic E-state index is 9.51. The number of hydrogen-bond donors (Lipinski definition) is 2. The van der Waals surface area contributed by atoms with Crippen molar-refractivity contribution < 1.29 is 5.11 Å². The molecule has 0 unspecified atom stereocenters. The molecule has 0 fully saturated rings. The van der Waals surface area contributed by atoms with E-state index in [1.54, 1.807) is 27.8 Å². The van der Waals surface area contributed by atoms with Crippen molar-refractivity contribution in [3.05, 3.63) is 42.6 Å². The highest BCUT2D eigenvalue weighted by Gasteiger charge is 2.15. The number of aromatic nitrogens is 7. The first-order valence-electron chi connectivity index (χ1n) is 9.64. The molecule has 2 N–H and O–H groups in total. The van der Waals surface area contributed by atoms with Gasteiger partial charge in [0.25, 0.3) is 0 Å². The maximum atomic E-state index is 9.51. The molecule has 0 saturated heterocycles. The first kappa shape index (κ1) is 19.5. The summed E-state index contributed by atoms with van der Waals surface area (Å²) >= 11 is 0. The molecule has 0 aliphatic heterocycles. The number of aryl methyl sites for hydroxylation is 1. The number of aliphatic hydroxyl groups is 1. The lowest BCUT2D eigenvalue weighted by Crippen LogP contribution is -2.20. The average Bonchev–Trinajstić information content (AvgIpc) is 3.40. The Morgan fingerprint density at radius 1 is 1.23 bits per heavy atom. The van der Waals surface area contributed by atoms with Gasteiger partial charge in [-0.05, 0) is 19.4 Å². The topological polar surface area (TPSA) is 130 Å². The number of fused-ring (bicyclic) bond motifs is 1. The molecule has 0 aromatic carbocycles. The summed E-state index contributed by atoms with van der Waals surface area (Å²) in [6.45, 7) is 4.73. The first-order valence-corrected chi connectivity index (χ1v) is 9.64. The highest BCUT2D eigenvalue weighted by atomic mass is 16.3. The van der Waals surface area contributed by atoms with Gasteiger partial charge in [-0.15, -0.1) is 5.10 Å². The third kappa shape index (κ3) is 3.70.